The Morgan fingerprint density at radius 1 is 1.18 bits per heavy atom. The molecule has 1 heterocycles. The lowest BCUT2D eigenvalue weighted by molar-refractivity contribution is -0.0523. The second-order valence-electron chi connectivity index (χ2n) is 6.68. The standard InChI is InChI=1S/C18H17F3N2O4S/c1-18(9-27-10-18)23-28(25,26)13-4-2-3-11(7-13)17(24)22-12-5-6-15(19)14(8-12)16(20)21/h2-8,16,23H,9-10H2,1H3,(H,22,24). The molecule has 10 heteroatoms. The van der Waals surface area contributed by atoms with Gasteiger partial charge in [-0.3, -0.25) is 4.79 Å². The number of carbonyl (C=O) groups is 1. The van der Waals surface area contributed by atoms with E-state index in [1.54, 1.807) is 6.92 Å². The number of halogens is 3. The molecule has 0 bridgehead atoms. The van der Waals surface area contributed by atoms with Crippen LogP contribution in [-0.4, -0.2) is 33.1 Å². The van der Waals surface area contributed by atoms with E-state index in [-0.39, 0.29) is 29.4 Å². The summed E-state index contributed by atoms with van der Waals surface area (Å²) >= 11 is 0. The number of alkyl halides is 2. The topological polar surface area (TPSA) is 84.5 Å². The molecule has 2 N–H and O–H groups in total. The minimum atomic E-state index is -3.89. The van der Waals surface area contributed by atoms with Crippen molar-refractivity contribution < 1.29 is 31.1 Å². The average Bonchev–Trinajstić information content (AvgIpc) is 2.61. The van der Waals surface area contributed by atoms with Gasteiger partial charge in [0.25, 0.3) is 12.3 Å². The number of nitrogens with one attached hydrogen (secondary N) is 2. The molecule has 0 radical (unpaired) electrons. The summed E-state index contributed by atoms with van der Waals surface area (Å²) in [7, 11) is -3.89. The van der Waals surface area contributed by atoms with Gasteiger partial charge in [-0.25, -0.2) is 26.3 Å². The molecule has 0 aliphatic carbocycles. The van der Waals surface area contributed by atoms with Crippen molar-refractivity contribution in [3.63, 3.8) is 0 Å². The number of hydrogen-bond donors (Lipinski definition) is 2. The number of anilines is 1. The van der Waals surface area contributed by atoms with Crippen molar-refractivity contribution in [2.45, 2.75) is 23.8 Å². The van der Waals surface area contributed by atoms with Gasteiger partial charge in [0.2, 0.25) is 10.0 Å². The maximum absolute atomic E-state index is 13.4. The zero-order valence-electron chi connectivity index (χ0n) is 14.7. The van der Waals surface area contributed by atoms with Crippen LogP contribution in [0.3, 0.4) is 0 Å². The lowest BCUT2D eigenvalue weighted by Crippen LogP contribution is -2.59. The molecule has 0 aromatic heterocycles. The molecular formula is C18H17F3N2O4S. The van der Waals surface area contributed by atoms with E-state index in [0.717, 1.165) is 24.3 Å². The second kappa shape index (κ2) is 7.53. The molecule has 0 spiro atoms. The SMILES string of the molecule is CC1(NS(=O)(=O)c2cccc(C(=O)Nc3ccc(F)c(C(F)F)c3)c2)COC1. The van der Waals surface area contributed by atoms with Gasteiger partial charge in [0.1, 0.15) is 5.82 Å². The fourth-order valence-electron chi connectivity index (χ4n) is 2.65. The van der Waals surface area contributed by atoms with Crippen molar-refractivity contribution in [2.75, 3.05) is 18.5 Å². The first-order chi connectivity index (χ1) is 13.1. The van der Waals surface area contributed by atoms with E-state index in [4.69, 9.17) is 4.74 Å². The van der Waals surface area contributed by atoms with Crippen molar-refractivity contribution in [3.05, 3.63) is 59.4 Å². The molecule has 1 fully saturated rings. The average molecular weight is 414 g/mol. The molecule has 0 saturated carbocycles. The van der Waals surface area contributed by atoms with Crippen LogP contribution >= 0.6 is 0 Å². The first-order valence-corrected chi connectivity index (χ1v) is 9.69. The van der Waals surface area contributed by atoms with Gasteiger partial charge in [0, 0.05) is 11.3 Å². The summed E-state index contributed by atoms with van der Waals surface area (Å²) in [5.41, 5.74) is -1.58. The Hall–Kier alpha value is -2.43. The highest BCUT2D eigenvalue weighted by Gasteiger charge is 2.37. The van der Waals surface area contributed by atoms with Crippen LogP contribution in [0.5, 0.6) is 0 Å². The van der Waals surface area contributed by atoms with Crippen LogP contribution < -0.4 is 10.0 Å². The van der Waals surface area contributed by atoms with Crippen LogP contribution in [0.4, 0.5) is 18.9 Å². The van der Waals surface area contributed by atoms with Crippen LogP contribution in [-0.2, 0) is 14.8 Å². The third kappa shape index (κ3) is 4.34. The zero-order valence-corrected chi connectivity index (χ0v) is 15.5. The number of carbonyl (C=O) groups excluding carboxylic acids is 1. The Bertz CT molecular complexity index is 1010. The van der Waals surface area contributed by atoms with E-state index in [1.807, 2.05) is 0 Å². The van der Waals surface area contributed by atoms with Gasteiger partial charge in [-0.2, -0.15) is 0 Å². The Morgan fingerprint density at radius 3 is 2.50 bits per heavy atom. The number of hydrogen-bond acceptors (Lipinski definition) is 4. The van der Waals surface area contributed by atoms with Gasteiger partial charge < -0.3 is 10.1 Å². The third-order valence-corrected chi connectivity index (χ3v) is 5.75. The number of ether oxygens (including phenoxy) is 1. The molecule has 2 aromatic carbocycles. The fraction of sp³-hybridized carbons (Fsp3) is 0.278. The highest BCUT2D eigenvalue weighted by atomic mass is 32.2. The number of sulfonamides is 1. The molecule has 28 heavy (non-hydrogen) atoms. The van der Waals surface area contributed by atoms with Crippen LogP contribution in [0.1, 0.15) is 29.3 Å². The molecule has 6 nitrogen and oxygen atoms in total. The highest BCUT2D eigenvalue weighted by molar-refractivity contribution is 7.89. The van der Waals surface area contributed by atoms with Crippen LogP contribution in [0.25, 0.3) is 0 Å². The molecule has 1 aliphatic rings. The summed E-state index contributed by atoms with van der Waals surface area (Å²) < 4.78 is 71.5. The lowest BCUT2D eigenvalue weighted by Gasteiger charge is -2.38. The Labute approximate surface area is 159 Å². The summed E-state index contributed by atoms with van der Waals surface area (Å²) in [4.78, 5) is 12.3. The van der Waals surface area contributed by atoms with E-state index < -0.39 is 39.3 Å². The van der Waals surface area contributed by atoms with E-state index in [2.05, 4.69) is 10.0 Å². The quantitative estimate of drug-likeness (QED) is 0.761. The number of benzene rings is 2. The molecule has 0 unspecified atom stereocenters. The van der Waals surface area contributed by atoms with Gasteiger partial charge >= 0.3 is 0 Å². The number of amides is 1. The van der Waals surface area contributed by atoms with Gasteiger partial charge in [-0.15, -0.1) is 0 Å². The molecule has 150 valence electrons. The summed E-state index contributed by atoms with van der Waals surface area (Å²) in [6.45, 7) is 2.17. The van der Waals surface area contributed by atoms with E-state index >= 15 is 0 Å². The second-order valence-corrected chi connectivity index (χ2v) is 8.36. The Morgan fingerprint density at radius 2 is 1.89 bits per heavy atom. The highest BCUT2D eigenvalue weighted by Crippen LogP contribution is 2.26. The zero-order chi connectivity index (χ0) is 20.5. The fourth-order valence-corrected chi connectivity index (χ4v) is 4.07. The predicted octanol–water partition coefficient (Wildman–Crippen LogP) is 3.08. The molecule has 2 aromatic rings. The molecule has 0 atom stereocenters. The summed E-state index contributed by atoms with van der Waals surface area (Å²) in [5, 5.41) is 2.36. The smallest absolute Gasteiger partial charge is 0.266 e. The van der Waals surface area contributed by atoms with Crippen molar-refractivity contribution in [1.82, 2.24) is 4.72 Å². The maximum atomic E-state index is 13.4. The molecule has 1 amide bonds. The summed E-state index contributed by atoms with van der Waals surface area (Å²) in [5.74, 6) is -1.80. The van der Waals surface area contributed by atoms with E-state index in [9.17, 15) is 26.4 Å². The molecular weight excluding hydrogens is 397 g/mol. The molecule has 1 saturated heterocycles. The minimum Gasteiger partial charge on any atom is -0.377 e. The molecule has 1 aliphatic heterocycles. The van der Waals surface area contributed by atoms with Crippen molar-refractivity contribution in [2.24, 2.45) is 0 Å². The van der Waals surface area contributed by atoms with Gasteiger partial charge in [-0.1, -0.05) is 6.07 Å². The van der Waals surface area contributed by atoms with Crippen molar-refractivity contribution >= 4 is 21.6 Å². The monoisotopic (exact) mass is 414 g/mol. The van der Waals surface area contributed by atoms with Crippen LogP contribution in [0.2, 0.25) is 0 Å². The van der Waals surface area contributed by atoms with Crippen LogP contribution in [0.15, 0.2) is 47.4 Å². The number of rotatable bonds is 6. The summed E-state index contributed by atoms with van der Waals surface area (Å²) in [6, 6.07) is 8.05. The Balaban J connectivity index is 1.80. The van der Waals surface area contributed by atoms with Crippen molar-refractivity contribution in [3.8, 4) is 0 Å². The Kier molecular flexibility index (Phi) is 5.46. The largest absolute Gasteiger partial charge is 0.377 e. The maximum Gasteiger partial charge on any atom is 0.266 e. The first kappa shape index (κ1) is 20.3. The van der Waals surface area contributed by atoms with E-state index in [0.29, 0.717) is 0 Å². The first-order valence-electron chi connectivity index (χ1n) is 8.20. The van der Waals surface area contributed by atoms with Crippen LogP contribution in [0, 0.1) is 5.82 Å². The minimum absolute atomic E-state index is 0.000749. The summed E-state index contributed by atoms with van der Waals surface area (Å²) in [6.07, 6.45) is -3.03. The third-order valence-electron chi connectivity index (χ3n) is 4.12. The van der Waals surface area contributed by atoms with Gasteiger partial charge in [-0.05, 0) is 43.3 Å². The molecule has 3 rings (SSSR count). The lowest BCUT2D eigenvalue weighted by atomic mass is 10.0. The normalized spacial score (nSPS) is 15.9. The van der Waals surface area contributed by atoms with Crippen molar-refractivity contribution in [1.29, 1.82) is 0 Å². The predicted molar refractivity (Wildman–Crippen MR) is 95.3 cm³/mol. The van der Waals surface area contributed by atoms with E-state index in [1.165, 1.54) is 18.2 Å². The van der Waals surface area contributed by atoms with Gasteiger partial charge in [0.15, 0.2) is 0 Å². The van der Waals surface area contributed by atoms with Gasteiger partial charge in [0.05, 0.1) is 29.2 Å².